The van der Waals surface area contributed by atoms with Gasteiger partial charge in [0.05, 0.1) is 29.9 Å². The van der Waals surface area contributed by atoms with E-state index in [1.54, 1.807) is 18.2 Å². The summed E-state index contributed by atoms with van der Waals surface area (Å²) in [5.41, 5.74) is -0.602. The Bertz CT molecular complexity index is 1240. The van der Waals surface area contributed by atoms with Gasteiger partial charge >= 0.3 is 11.7 Å². The van der Waals surface area contributed by atoms with Gasteiger partial charge in [0, 0.05) is 26.1 Å². The number of carboxylic acid groups (broad SMARTS) is 1. The van der Waals surface area contributed by atoms with Crippen LogP contribution in [0.3, 0.4) is 0 Å². The molecule has 3 heterocycles. The number of fused-ring (bicyclic) bond motifs is 2. The molecule has 2 aromatic heterocycles. The predicted octanol–water partition coefficient (Wildman–Crippen LogP) is 1.16. The lowest BCUT2D eigenvalue weighted by molar-refractivity contribution is 0.0699. The van der Waals surface area contributed by atoms with Gasteiger partial charge in [0.2, 0.25) is 0 Å². The average molecular weight is 383 g/mol. The highest BCUT2D eigenvalue weighted by molar-refractivity contribution is 6.02. The van der Waals surface area contributed by atoms with Crippen molar-refractivity contribution in [2.75, 3.05) is 13.2 Å². The molecule has 1 aliphatic rings. The molecule has 0 fully saturated rings. The molecule has 0 amide bonds. The molecule has 144 valence electrons. The highest BCUT2D eigenvalue weighted by Crippen LogP contribution is 2.34. The van der Waals surface area contributed by atoms with Gasteiger partial charge in [0.15, 0.2) is 17.1 Å². The molecule has 0 atom stereocenters. The third kappa shape index (κ3) is 2.72. The number of pyridine rings is 1. The number of nitrogens with zero attached hydrogens (tertiary/aromatic N) is 3. The highest BCUT2D eigenvalue weighted by atomic mass is 16.5. The number of aromatic carboxylic acids is 1. The number of benzene rings is 1. The van der Waals surface area contributed by atoms with Crippen molar-refractivity contribution in [2.24, 2.45) is 14.1 Å². The Kier molecular flexibility index (Phi) is 4.14. The number of carbonyl (C=O) groups is 1. The second-order valence-electron chi connectivity index (χ2n) is 6.48. The number of aromatic nitrogens is 3. The number of hydrogen-bond donors (Lipinski definition) is 1. The van der Waals surface area contributed by atoms with Gasteiger partial charge in [-0.25, -0.2) is 14.6 Å². The molecule has 0 spiro atoms. The van der Waals surface area contributed by atoms with Crippen molar-refractivity contribution in [3.05, 3.63) is 50.7 Å². The Labute approximate surface area is 158 Å². The Balaban J connectivity index is 2.02. The Morgan fingerprint density at radius 3 is 2.50 bits per heavy atom. The Morgan fingerprint density at radius 1 is 1.07 bits per heavy atom. The molecule has 1 N–H and O–H groups in total. The van der Waals surface area contributed by atoms with Gasteiger partial charge < -0.3 is 14.6 Å². The van der Waals surface area contributed by atoms with E-state index in [0.717, 1.165) is 15.6 Å². The van der Waals surface area contributed by atoms with E-state index in [-0.39, 0.29) is 16.6 Å². The second-order valence-corrected chi connectivity index (χ2v) is 6.48. The predicted molar refractivity (Wildman–Crippen MR) is 100 cm³/mol. The SMILES string of the molecule is Cn1c(=O)c2c(C(=O)O)cc(-c3ccc4c(c3)OCCCO4)nc2n(C)c1=O. The van der Waals surface area contributed by atoms with Crippen LogP contribution >= 0.6 is 0 Å². The highest BCUT2D eigenvalue weighted by Gasteiger charge is 2.21. The zero-order valence-electron chi connectivity index (χ0n) is 15.3. The van der Waals surface area contributed by atoms with E-state index in [4.69, 9.17) is 9.47 Å². The molecule has 28 heavy (non-hydrogen) atoms. The molecule has 4 rings (SSSR count). The fourth-order valence-electron chi connectivity index (χ4n) is 3.19. The van der Waals surface area contributed by atoms with Crippen molar-refractivity contribution in [3.8, 4) is 22.8 Å². The van der Waals surface area contributed by atoms with Gasteiger partial charge in [0.25, 0.3) is 5.56 Å². The smallest absolute Gasteiger partial charge is 0.336 e. The minimum atomic E-state index is -1.28. The van der Waals surface area contributed by atoms with Crippen LogP contribution in [0.4, 0.5) is 0 Å². The number of rotatable bonds is 2. The lowest BCUT2D eigenvalue weighted by Gasteiger charge is -2.12. The Hall–Kier alpha value is -3.62. The third-order valence-electron chi connectivity index (χ3n) is 4.68. The van der Waals surface area contributed by atoms with Crippen LogP contribution < -0.4 is 20.7 Å². The summed E-state index contributed by atoms with van der Waals surface area (Å²) in [7, 11) is 2.74. The molecule has 0 saturated heterocycles. The summed E-state index contributed by atoms with van der Waals surface area (Å²) in [6.45, 7) is 1.06. The van der Waals surface area contributed by atoms with Crippen molar-refractivity contribution < 1.29 is 19.4 Å². The van der Waals surface area contributed by atoms with Gasteiger partial charge in [-0.05, 0) is 24.3 Å². The maximum absolute atomic E-state index is 12.5. The monoisotopic (exact) mass is 383 g/mol. The van der Waals surface area contributed by atoms with Gasteiger partial charge in [-0.15, -0.1) is 0 Å². The van der Waals surface area contributed by atoms with E-state index < -0.39 is 17.2 Å². The summed E-state index contributed by atoms with van der Waals surface area (Å²) >= 11 is 0. The molecule has 1 aromatic carbocycles. The van der Waals surface area contributed by atoms with Crippen LogP contribution in [0, 0.1) is 0 Å². The van der Waals surface area contributed by atoms with Crippen LogP contribution in [0.1, 0.15) is 16.8 Å². The summed E-state index contributed by atoms with van der Waals surface area (Å²) < 4.78 is 13.3. The summed E-state index contributed by atoms with van der Waals surface area (Å²) in [5.74, 6) is -0.146. The lowest BCUT2D eigenvalue weighted by atomic mass is 10.1. The van der Waals surface area contributed by atoms with Crippen LogP contribution in [-0.4, -0.2) is 38.4 Å². The zero-order chi connectivity index (χ0) is 20.0. The molecule has 0 aliphatic carbocycles. The minimum Gasteiger partial charge on any atom is -0.490 e. The minimum absolute atomic E-state index is 0.00936. The maximum atomic E-state index is 12.5. The summed E-state index contributed by atoms with van der Waals surface area (Å²) in [6, 6.07) is 6.49. The topological polar surface area (TPSA) is 113 Å². The molecule has 0 saturated carbocycles. The van der Waals surface area contributed by atoms with Crippen LogP contribution in [0.15, 0.2) is 33.9 Å². The lowest BCUT2D eigenvalue weighted by Crippen LogP contribution is -2.38. The summed E-state index contributed by atoms with van der Waals surface area (Å²) in [6.07, 6.45) is 0.757. The maximum Gasteiger partial charge on any atom is 0.336 e. The molecular weight excluding hydrogens is 366 g/mol. The van der Waals surface area contributed by atoms with Crippen molar-refractivity contribution in [1.82, 2.24) is 14.1 Å². The first-order chi connectivity index (χ1) is 13.4. The first-order valence-electron chi connectivity index (χ1n) is 8.62. The number of ether oxygens (including phenoxy) is 2. The van der Waals surface area contributed by atoms with Crippen molar-refractivity contribution in [1.29, 1.82) is 0 Å². The molecule has 9 heteroatoms. The van der Waals surface area contributed by atoms with E-state index in [2.05, 4.69) is 4.98 Å². The molecule has 1 aliphatic heterocycles. The van der Waals surface area contributed by atoms with Gasteiger partial charge in [-0.2, -0.15) is 0 Å². The fraction of sp³-hybridized carbons (Fsp3) is 0.263. The number of aryl methyl sites for hydroxylation is 1. The van der Waals surface area contributed by atoms with Gasteiger partial charge in [-0.3, -0.25) is 13.9 Å². The molecule has 0 unspecified atom stereocenters. The second kappa shape index (κ2) is 6.52. The van der Waals surface area contributed by atoms with E-state index in [0.29, 0.717) is 36.0 Å². The fourth-order valence-corrected chi connectivity index (χ4v) is 3.19. The van der Waals surface area contributed by atoms with Crippen molar-refractivity contribution in [2.45, 2.75) is 6.42 Å². The Morgan fingerprint density at radius 2 is 1.79 bits per heavy atom. The quantitative estimate of drug-likeness (QED) is 0.706. The largest absolute Gasteiger partial charge is 0.490 e. The van der Waals surface area contributed by atoms with E-state index in [1.807, 2.05) is 0 Å². The van der Waals surface area contributed by atoms with Crippen LogP contribution in [0.2, 0.25) is 0 Å². The van der Waals surface area contributed by atoms with Crippen LogP contribution in [0.25, 0.3) is 22.3 Å². The van der Waals surface area contributed by atoms with Crippen molar-refractivity contribution in [3.63, 3.8) is 0 Å². The first kappa shape index (κ1) is 17.8. The van der Waals surface area contributed by atoms with E-state index >= 15 is 0 Å². The van der Waals surface area contributed by atoms with Crippen LogP contribution in [-0.2, 0) is 14.1 Å². The van der Waals surface area contributed by atoms with Gasteiger partial charge in [-0.1, -0.05) is 0 Å². The van der Waals surface area contributed by atoms with E-state index in [1.165, 1.54) is 20.2 Å². The normalized spacial score (nSPS) is 13.4. The molecule has 0 bridgehead atoms. The third-order valence-corrected chi connectivity index (χ3v) is 4.68. The summed E-state index contributed by atoms with van der Waals surface area (Å²) in [5, 5.41) is 9.54. The summed E-state index contributed by atoms with van der Waals surface area (Å²) in [4.78, 5) is 41.0. The zero-order valence-corrected chi connectivity index (χ0v) is 15.3. The van der Waals surface area contributed by atoms with E-state index in [9.17, 15) is 19.5 Å². The molecular formula is C19H17N3O6. The molecule has 9 nitrogen and oxygen atoms in total. The van der Waals surface area contributed by atoms with Crippen molar-refractivity contribution >= 4 is 17.0 Å². The standard InChI is InChI=1S/C19H17N3O6/c1-21-16-15(17(23)22(2)19(21)26)11(18(24)25)9-12(20-16)10-4-5-13-14(8-10)28-7-3-6-27-13/h4-5,8-9H,3,6-7H2,1-2H3,(H,24,25). The molecule has 0 radical (unpaired) electrons. The van der Waals surface area contributed by atoms with Gasteiger partial charge in [0.1, 0.15) is 0 Å². The molecule has 3 aromatic rings. The average Bonchev–Trinajstić information content (AvgIpc) is 2.94. The number of hydrogen-bond acceptors (Lipinski definition) is 6. The first-order valence-corrected chi connectivity index (χ1v) is 8.62. The van der Waals surface area contributed by atoms with Crippen LogP contribution in [0.5, 0.6) is 11.5 Å². The number of carboxylic acids is 1.